The van der Waals surface area contributed by atoms with Crippen LogP contribution in [0.25, 0.3) is 0 Å². The lowest BCUT2D eigenvalue weighted by Crippen LogP contribution is -2.42. The zero-order valence-electron chi connectivity index (χ0n) is 16.1. The smallest absolute Gasteiger partial charge is 0.258 e. The van der Waals surface area contributed by atoms with Gasteiger partial charge in [-0.1, -0.05) is 19.1 Å². The summed E-state index contributed by atoms with van der Waals surface area (Å²) >= 11 is 1.67. The van der Waals surface area contributed by atoms with Crippen LogP contribution in [-0.4, -0.2) is 24.0 Å². The van der Waals surface area contributed by atoms with Crippen LogP contribution in [0.15, 0.2) is 53.7 Å². The fourth-order valence-corrected chi connectivity index (χ4v) is 4.80. The summed E-state index contributed by atoms with van der Waals surface area (Å²) in [5, 5.41) is 5.80. The number of thiazole rings is 1. The molecule has 0 radical (unpaired) electrons. The van der Waals surface area contributed by atoms with Crippen LogP contribution >= 0.6 is 11.3 Å². The molecule has 1 aromatic carbocycles. The van der Waals surface area contributed by atoms with Gasteiger partial charge in [0, 0.05) is 36.4 Å². The van der Waals surface area contributed by atoms with Crippen LogP contribution in [0.3, 0.4) is 0 Å². The van der Waals surface area contributed by atoms with E-state index in [1.165, 1.54) is 0 Å². The van der Waals surface area contributed by atoms with E-state index in [9.17, 15) is 13.6 Å². The standard InChI is InChI=1S/C22H23F2N3OS/c1-14-8-10-27(22-25-9-11-29-22)13-19(14)15-2-5-17(6-3-15)26-21(28)18-7-4-16(23)12-20(18)24/h2,4-7,9,11-12,14-15,19H,3,8,10,13H2,1H3,(H,26,28). The van der Waals surface area contributed by atoms with Crippen LogP contribution in [0, 0.1) is 29.4 Å². The molecule has 1 saturated heterocycles. The van der Waals surface area contributed by atoms with Gasteiger partial charge in [0.2, 0.25) is 0 Å². The minimum absolute atomic E-state index is 0.164. The third kappa shape index (κ3) is 4.40. The second-order valence-electron chi connectivity index (χ2n) is 7.69. The van der Waals surface area contributed by atoms with Crippen molar-refractivity contribution < 1.29 is 13.6 Å². The minimum Gasteiger partial charge on any atom is -0.348 e. The van der Waals surface area contributed by atoms with E-state index in [4.69, 9.17) is 0 Å². The van der Waals surface area contributed by atoms with Crippen molar-refractivity contribution in [2.75, 3.05) is 18.0 Å². The van der Waals surface area contributed by atoms with Gasteiger partial charge in [-0.25, -0.2) is 13.8 Å². The van der Waals surface area contributed by atoms with Gasteiger partial charge in [0.25, 0.3) is 5.91 Å². The van der Waals surface area contributed by atoms with Gasteiger partial charge < -0.3 is 10.2 Å². The van der Waals surface area contributed by atoms with Crippen LogP contribution < -0.4 is 10.2 Å². The van der Waals surface area contributed by atoms with E-state index in [0.717, 1.165) is 43.2 Å². The average molecular weight is 416 g/mol. The quantitative estimate of drug-likeness (QED) is 0.782. The van der Waals surface area contributed by atoms with Gasteiger partial charge in [-0.3, -0.25) is 4.79 Å². The number of allylic oxidation sites excluding steroid dienone is 3. The molecule has 7 heteroatoms. The first kappa shape index (κ1) is 19.8. The summed E-state index contributed by atoms with van der Waals surface area (Å²) in [7, 11) is 0. The predicted octanol–water partition coefficient (Wildman–Crippen LogP) is 4.77. The summed E-state index contributed by atoms with van der Waals surface area (Å²) in [4.78, 5) is 19.1. The highest BCUT2D eigenvalue weighted by atomic mass is 32.1. The molecule has 152 valence electrons. The van der Waals surface area contributed by atoms with Gasteiger partial charge >= 0.3 is 0 Å². The van der Waals surface area contributed by atoms with Crippen molar-refractivity contribution in [3.63, 3.8) is 0 Å². The largest absolute Gasteiger partial charge is 0.348 e. The third-order valence-corrected chi connectivity index (χ3v) is 6.65. The summed E-state index contributed by atoms with van der Waals surface area (Å²) in [6, 6.07) is 2.96. The zero-order chi connectivity index (χ0) is 20.4. The molecule has 0 bridgehead atoms. The number of hydrogen-bond acceptors (Lipinski definition) is 4. The van der Waals surface area contributed by atoms with E-state index in [1.807, 2.05) is 23.7 Å². The third-order valence-electron chi connectivity index (χ3n) is 5.82. The molecular formula is C22H23F2N3OS. The number of halogens is 2. The van der Waals surface area contributed by atoms with E-state index >= 15 is 0 Å². The average Bonchev–Trinajstić information content (AvgIpc) is 3.24. The summed E-state index contributed by atoms with van der Waals surface area (Å²) in [5.74, 6) is -0.634. The highest BCUT2D eigenvalue weighted by molar-refractivity contribution is 7.13. The Kier molecular flexibility index (Phi) is 5.76. The summed E-state index contributed by atoms with van der Waals surface area (Å²) in [6.07, 6.45) is 9.81. The summed E-state index contributed by atoms with van der Waals surface area (Å²) in [6.45, 7) is 4.30. The topological polar surface area (TPSA) is 45.2 Å². The molecule has 1 aromatic heterocycles. The summed E-state index contributed by atoms with van der Waals surface area (Å²) in [5.41, 5.74) is 0.484. The maximum absolute atomic E-state index is 13.8. The van der Waals surface area contributed by atoms with E-state index in [-0.39, 0.29) is 5.56 Å². The van der Waals surface area contributed by atoms with Gasteiger partial charge in [-0.2, -0.15) is 0 Å². The Morgan fingerprint density at radius 3 is 2.90 bits per heavy atom. The predicted molar refractivity (Wildman–Crippen MR) is 111 cm³/mol. The molecule has 4 rings (SSSR count). The van der Waals surface area contributed by atoms with Crippen molar-refractivity contribution in [1.29, 1.82) is 0 Å². The molecule has 2 aromatic rings. The number of piperidine rings is 1. The van der Waals surface area contributed by atoms with Crippen molar-refractivity contribution >= 4 is 22.4 Å². The van der Waals surface area contributed by atoms with Crippen LogP contribution in [0.4, 0.5) is 13.9 Å². The molecule has 1 aliphatic heterocycles. The van der Waals surface area contributed by atoms with E-state index in [0.29, 0.717) is 29.5 Å². The lowest BCUT2D eigenvalue weighted by atomic mass is 9.75. The molecule has 1 amide bonds. The molecule has 3 atom stereocenters. The van der Waals surface area contributed by atoms with Crippen LogP contribution in [0.2, 0.25) is 0 Å². The lowest BCUT2D eigenvalue weighted by Gasteiger charge is -2.40. The van der Waals surface area contributed by atoms with Gasteiger partial charge in [-0.05, 0) is 48.8 Å². The Hall–Kier alpha value is -2.54. The van der Waals surface area contributed by atoms with Crippen molar-refractivity contribution in [3.05, 3.63) is 70.9 Å². The number of nitrogens with one attached hydrogen (secondary N) is 1. The van der Waals surface area contributed by atoms with Gasteiger partial charge in [0.1, 0.15) is 11.6 Å². The molecule has 0 spiro atoms. The number of hydrogen-bond donors (Lipinski definition) is 1. The van der Waals surface area contributed by atoms with E-state index < -0.39 is 17.5 Å². The van der Waals surface area contributed by atoms with Crippen molar-refractivity contribution in [3.8, 4) is 0 Å². The van der Waals surface area contributed by atoms with Gasteiger partial charge in [-0.15, -0.1) is 11.3 Å². The molecule has 29 heavy (non-hydrogen) atoms. The number of aromatic nitrogens is 1. The molecule has 2 aliphatic rings. The highest BCUT2D eigenvalue weighted by Crippen LogP contribution is 2.36. The van der Waals surface area contributed by atoms with E-state index in [2.05, 4.69) is 28.2 Å². The van der Waals surface area contributed by atoms with Crippen molar-refractivity contribution in [2.45, 2.75) is 19.8 Å². The van der Waals surface area contributed by atoms with E-state index in [1.54, 1.807) is 11.3 Å². The molecule has 4 nitrogen and oxygen atoms in total. The number of carbonyl (C=O) groups is 1. The maximum atomic E-state index is 13.8. The monoisotopic (exact) mass is 415 g/mol. The van der Waals surface area contributed by atoms with Crippen LogP contribution in [0.5, 0.6) is 0 Å². The minimum atomic E-state index is -0.862. The lowest BCUT2D eigenvalue weighted by molar-refractivity contribution is 0.0962. The van der Waals surface area contributed by atoms with Gasteiger partial charge in [0.15, 0.2) is 5.13 Å². The number of amides is 1. The maximum Gasteiger partial charge on any atom is 0.258 e. The second kappa shape index (κ2) is 8.45. The summed E-state index contributed by atoms with van der Waals surface area (Å²) < 4.78 is 26.8. The Labute approximate surface area is 173 Å². The molecule has 2 heterocycles. The molecule has 3 unspecified atom stereocenters. The van der Waals surface area contributed by atoms with Crippen LogP contribution in [0.1, 0.15) is 30.1 Å². The van der Waals surface area contributed by atoms with Crippen molar-refractivity contribution in [2.24, 2.45) is 17.8 Å². The number of carbonyl (C=O) groups excluding carboxylic acids is 1. The Morgan fingerprint density at radius 2 is 2.21 bits per heavy atom. The van der Waals surface area contributed by atoms with Gasteiger partial charge in [0.05, 0.1) is 5.56 Å². The second-order valence-corrected chi connectivity index (χ2v) is 8.56. The molecule has 1 aliphatic carbocycles. The molecular weight excluding hydrogens is 392 g/mol. The zero-order valence-corrected chi connectivity index (χ0v) is 17.0. The molecule has 0 saturated carbocycles. The highest BCUT2D eigenvalue weighted by Gasteiger charge is 2.32. The Bertz CT molecular complexity index is 942. The fourth-order valence-electron chi connectivity index (χ4n) is 4.12. The first-order valence-electron chi connectivity index (χ1n) is 9.80. The first-order valence-corrected chi connectivity index (χ1v) is 10.7. The normalized spacial score (nSPS) is 24.3. The number of rotatable bonds is 4. The van der Waals surface area contributed by atoms with Crippen molar-refractivity contribution in [1.82, 2.24) is 10.3 Å². The first-order chi connectivity index (χ1) is 14.0. The Morgan fingerprint density at radius 1 is 1.34 bits per heavy atom. The van der Waals surface area contributed by atoms with Crippen LogP contribution in [-0.2, 0) is 0 Å². The number of nitrogens with zero attached hydrogens (tertiary/aromatic N) is 2. The Balaban J connectivity index is 1.39. The number of benzene rings is 1. The molecule has 1 N–H and O–H groups in total. The molecule has 1 fully saturated rings. The SMILES string of the molecule is CC1CCN(c2nccs2)CC1C1C=CC(NC(=O)c2ccc(F)cc2F)=CC1. The number of anilines is 1. The fraction of sp³-hybridized carbons (Fsp3) is 0.364.